The maximum atomic E-state index is 8.01. The molecule has 0 atom stereocenters. The predicted molar refractivity (Wildman–Crippen MR) is 37.4 cm³/mol. The Labute approximate surface area is 62.5 Å². The summed E-state index contributed by atoms with van der Waals surface area (Å²) in [5, 5.41) is 3.23. The van der Waals surface area contributed by atoms with Crippen molar-refractivity contribution in [2.24, 2.45) is 5.11 Å². The first-order valence-corrected chi connectivity index (χ1v) is 2.78. The highest BCUT2D eigenvalue weighted by atomic mass is 16.5. The van der Waals surface area contributed by atoms with Crippen LogP contribution in [0.3, 0.4) is 0 Å². The van der Waals surface area contributed by atoms with E-state index in [1.807, 2.05) is 0 Å². The van der Waals surface area contributed by atoms with Gasteiger partial charge in [-0.3, -0.25) is 0 Å². The van der Waals surface area contributed by atoms with E-state index in [0.29, 0.717) is 5.88 Å². The zero-order valence-corrected chi connectivity index (χ0v) is 5.80. The Morgan fingerprint density at radius 1 is 1.55 bits per heavy atom. The number of aromatic nitrogens is 2. The quantitative estimate of drug-likeness (QED) is 0.364. The van der Waals surface area contributed by atoms with Gasteiger partial charge in [0.25, 0.3) is 0 Å². The van der Waals surface area contributed by atoms with Gasteiger partial charge in [0, 0.05) is 4.91 Å². The summed E-state index contributed by atoms with van der Waals surface area (Å²) in [5.41, 5.74) is 8.01. The maximum absolute atomic E-state index is 8.01. The first-order valence-electron chi connectivity index (χ1n) is 2.78. The van der Waals surface area contributed by atoms with E-state index in [0.717, 1.165) is 0 Å². The Kier molecular flexibility index (Phi) is 2.24. The van der Waals surface area contributed by atoms with Gasteiger partial charge >= 0.3 is 0 Å². The second-order valence-corrected chi connectivity index (χ2v) is 1.61. The molecule has 0 saturated heterocycles. The summed E-state index contributed by atoms with van der Waals surface area (Å²) in [6, 6.07) is 0. The van der Waals surface area contributed by atoms with Gasteiger partial charge in [0.15, 0.2) is 0 Å². The largest absolute Gasteiger partial charge is 0.480 e. The number of methoxy groups -OCH3 is 1. The van der Waals surface area contributed by atoms with E-state index < -0.39 is 0 Å². The van der Waals surface area contributed by atoms with Crippen LogP contribution >= 0.6 is 0 Å². The molecule has 0 spiro atoms. The van der Waals surface area contributed by atoms with Gasteiger partial charge in [-0.15, -0.1) is 0 Å². The van der Waals surface area contributed by atoms with Crippen LogP contribution in [0, 0.1) is 0 Å². The van der Waals surface area contributed by atoms with Gasteiger partial charge in [-0.1, -0.05) is 0 Å². The van der Waals surface area contributed by atoms with Crippen LogP contribution in [0.4, 0.5) is 5.82 Å². The third-order valence-corrected chi connectivity index (χ3v) is 0.971. The molecule has 0 N–H and O–H groups in total. The summed E-state index contributed by atoms with van der Waals surface area (Å²) in [5.74, 6) is 0.621. The van der Waals surface area contributed by atoms with Crippen LogP contribution in [-0.2, 0) is 0 Å². The molecule has 0 fully saturated rings. The van der Waals surface area contributed by atoms with Crippen molar-refractivity contribution in [3.8, 4) is 5.88 Å². The predicted octanol–water partition coefficient (Wildman–Crippen LogP) is 1.43. The lowest BCUT2D eigenvalue weighted by Gasteiger charge is -1.94. The molecule has 0 bridgehead atoms. The fraction of sp³-hybridized carbons (Fsp3) is 0.200. The zero-order chi connectivity index (χ0) is 8.10. The van der Waals surface area contributed by atoms with Crippen LogP contribution in [0.1, 0.15) is 0 Å². The first-order chi connectivity index (χ1) is 5.36. The van der Waals surface area contributed by atoms with E-state index in [2.05, 4.69) is 20.0 Å². The van der Waals surface area contributed by atoms with Crippen LogP contribution in [0.15, 0.2) is 17.5 Å². The Morgan fingerprint density at radius 2 is 2.36 bits per heavy atom. The number of rotatable bonds is 2. The summed E-state index contributed by atoms with van der Waals surface area (Å²) >= 11 is 0. The Morgan fingerprint density at radius 3 is 2.82 bits per heavy atom. The molecule has 0 aromatic carbocycles. The van der Waals surface area contributed by atoms with Crippen molar-refractivity contribution in [3.05, 3.63) is 22.8 Å². The average molecular weight is 151 g/mol. The van der Waals surface area contributed by atoms with Crippen LogP contribution in [0.2, 0.25) is 0 Å². The highest BCUT2D eigenvalue weighted by Crippen LogP contribution is 2.08. The Hall–Kier alpha value is -1.81. The number of ether oxygens (including phenoxy) is 1. The standard InChI is InChI=1S/C5H5N5O/c1-11-5-3-7-4(2-8-5)9-10-6/h2-3H,1H3. The van der Waals surface area contributed by atoms with Crippen LogP contribution in [-0.4, -0.2) is 17.1 Å². The van der Waals surface area contributed by atoms with E-state index in [-0.39, 0.29) is 5.82 Å². The van der Waals surface area contributed by atoms with Crippen molar-refractivity contribution in [2.45, 2.75) is 0 Å². The van der Waals surface area contributed by atoms with Crippen molar-refractivity contribution in [1.82, 2.24) is 9.97 Å². The van der Waals surface area contributed by atoms with E-state index in [1.54, 1.807) is 0 Å². The van der Waals surface area contributed by atoms with E-state index >= 15 is 0 Å². The van der Waals surface area contributed by atoms with Crippen molar-refractivity contribution in [2.75, 3.05) is 7.11 Å². The van der Waals surface area contributed by atoms with E-state index in [9.17, 15) is 0 Å². The SMILES string of the molecule is COc1cnc(N=[N+]=[N-])cn1. The third-order valence-electron chi connectivity index (χ3n) is 0.971. The van der Waals surface area contributed by atoms with E-state index in [1.165, 1.54) is 19.5 Å². The van der Waals surface area contributed by atoms with Crippen LogP contribution in [0.25, 0.3) is 10.4 Å². The summed E-state index contributed by atoms with van der Waals surface area (Å²) in [6.45, 7) is 0. The maximum Gasteiger partial charge on any atom is 0.231 e. The number of nitrogens with zero attached hydrogens (tertiary/aromatic N) is 5. The van der Waals surface area contributed by atoms with Crippen molar-refractivity contribution < 1.29 is 4.74 Å². The number of hydrogen-bond donors (Lipinski definition) is 0. The summed E-state index contributed by atoms with van der Waals surface area (Å²) in [7, 11) is 1.48. The summed E-state index contributed by atoms with van der Waals surface area (Å²) in [4.78, 5) is 10.0. The normalized spacial score (nSPS) is 8.45. The zero-order valence-electron chi connectivity index (χ0n) is 5.80. The Balaban J connectivity index is 2.91. The fourth-order valence-corrected chi connectivity index (χ4v) is 0.512. The van der Waals surface area contributed by atoms with Gasteiger partial charge in [0.05, 0.1) is 19.5 Å². The highest BCUT2D eigenvalue weighted by Gasteiger charge is 1.92. The van der Waals surface area contributed by atoms with Crippen LogP contribution < -0.4 is 4.74 Å². The Bertz CT molecular complexity index is 275. The first kappa shape index (κ1) is 7.30. The molecule has 1 rings (SSSR count). The van der Waals surface area contributed by atoms with Crippen molar-refractivity contribution >= 4 is 5.82 Å². The van der Waals surface area contributed by atoms with Gasteiger partial charge in [0.2, 0.25) is 5.88 Å². The second-order valence-electron chi connectivity index (χ2n) is 1.61. The van der Waals surface area contributed by atoms with Gasteiger partial charge in [-0.25, -0.2) is 9.97 Å². The molecule has 0 aliphatic rings. The summed E-state index contributed by atoms with van der Waals surface area (Å²) < 4.78 is 4.74. The molecule has 0 aliphatic carbocycles. The lowest BCUT2D eigenvalue weighted by Crippen LogP contribution is -1.86. The molecular formula is C5H5N5O. The minimum absolute atomic E-state index is 0.230. The lowest BCUT2D eigenvalue weighted by atomic mass is 10.7. The molecule has 6 nitrogen and oxygen atoms in total. The number of hydrogen-bond acceptors (Lipinski definition) is 4. The molecule has 11 heavy (non-hydrogen) atoms. The minimum Gasteiger partial charge on any atom is -0.480 e. The third kappa shape index (κ3) is 1.80. The molecular weight excluding hydrogens is 146 g/mol. The minimum atomic E-state index is 0.230. The molecule has 6 heteroatoms. The molecule has 1 aromatic heterocycles. The van der Waals surface area contributed by atoms with Crippen molar-refractivity contribution in [3.63, 3.8) is 0 Å². The lowest BCUT2D eigenvalue weighted by molar-refractivity contribution is 0.396. The molecule has 0 aliphatic heterocycles. The monoisotopic (exact) mass is 151 g/mol. The van der Waals surface area contributed by atoms with Gasteiger partial charge in [-0.2, -0.15) is 0 Å². The van der Waals surface area contributed by atoms with Gasteiger partial charge in [-0.05, 0) is 10.6 Å². The topological polar surface area (TPSA) is 83.8 Å². The molecule has 0 radical (unpaired) electrons. The molecule has 1 heterocycles. The summed E-state index contributed by atoms with van der Waals surface area (Å²) in [6.07, 6.45) is 2.71. The highest BCUT2D eigenvalue weighted by molar-refractivity contribution is 5.23. The van der Waals surface area contributed by atoms with E-state index in [4.69, 9.17) is 10.3 Å². The average Bonchev–Trinajstić information content (AvgIpc) is 2.07. The number of azide groups is 1. The van der Waals surface area contributed by atoms with Gasteiger partial charge < -0.3 is 4.74 Å². The van der Waals surface area contributed by atoms with Gasteiger partial charge in [0.1, 0.15) is 5.82 Å². The smallest absolute Gasteiger partial charge is 0.231 e. The van der Waals surface area contributed by atoms with Crippen molar-refractivity contribution in [1.29, 1.82) is 0 Å². The molecule has 0 saturated carbocycles. The fourth-order valence-electron chi connectivity index (χ4n) is 0.512. The van der Waals surface area contributed by atoms with Crippen LogP contribution in [0.5, 0.6) is 5.88 Å². The molecule has 0 amide bonds. The molecule has 56 valence electrons. The second kappa shape index (κ2) is 3.38. The molecule has 1 aromatic rings. The molecule has 0 unspecified atom stereocenters.